The van der Waals surface area contributed by atoms with Crippen LogP contribution >= 0.6 is 0 Å². The zero-order valence-corrected chi connectivity index (χ0v) is 13.9. The van der Waals surface area contributed by atoms with Gasteiger partial charge in [-0.15, -0.1) is 0 Å². The van der Waals surface area contributed by atoms with Crippen LogP contribution in [-0.4, -0.2) is 16.8 Å². The maximum absolute atomic E-state index is 12.0. The molecule has 0 N–H and O–H groups in total. The van der Waals surface area contributed by atoms with E-state index in [1.54, 1.807) is 36.4 Å². The van der Waals surface area contributed by atoms with Crippen molar-refractivity contribution < 1.29 is 18.9 Å². The smallest absolute Gasteiger partial charge is 0.363 e. The van der Waals surface area contributed by atoms with Gasteiger partial charge in [0.05, 0.1) is 4.92 Å². The number of cyclic esters (lactones) is 1. The molecule has 0 aliphatic carbocycles. The van der Waals surface area contributed by atoms with Crippen molar-refractivity contribution >= 4 is 23.6 Å². The second-order valence-electron chi connectivity index (χ2n) is 5.71. The zero-order chi connectivity index (χ0) is 18.8. The molecule has 0 amide bonds. The molecule has 2 aromatic carbocycles. The number of hydrogen-bond acceptors (Lipinski definition) is 6. The highest BCUT2D eigenvalue weighted by atomic mass is 16.6. The molecule has 0 fully saturated rings. The van der Waals surface area contributed by atoms with E-state index < -0.39 is 10.9 Å². The average Bonchev–Trinajstić information content (AvgIpc) is 3.30. The molecule has 7 nitrogen and oxygen atoms in total. The summed E-state index contributed by atoms with van der Waals surface area (Å²) >= 11 is 0. The molecule has 3 aromatic rings. The van der Waals surface area contributed by atoms with Crippen molar-refractivity contribution in [2.45, 2.75) is 0 Å². The van der Waals surface area contributed by atoms with Crippen LogP contribution in [0.3, 0.4) is 0 Å². The Morgan fingerprint density at radius 3 is 2.52 bits per heavy atom. The summed E-state index contributed by atoms with van der Waals surface area (Å²) in [7, 11) is 0. The van der Waals surface area contributed by atoms with Crippen LogP contribution in [0.4, 0.5) is 5.69 Å². The van der Waals surface area contributed by atoms with Gasteiger partial charge in [-0.1, -0.05) is 30.3 Å². The van der Waals surface area contributed by atoms with E-state index >= 15 is 0 Å². The number of esters is 1. The van der Waals surface area contributed by atoms with E-state index in [1.807, 2.05) is 18.2 Å². The summed E-state index contributed by atoms with van der Waals surface area (Å²) in [6, 6.07) is 18.5. The minimum atomic E-state index is -0.567. The Morgan fingerprint density at radius 1 is 0.963 bits per heavy atom. The van der Waals surface area contributed by atoms with Gasteiger partial charge >= 0.3 is 5.97 Å². The number of nitrogens with zero attached hydrogens (tertiary/aromatic N) is 2. The van der Waals surface area contributed by atoms with Gasteiger partial charge in [0, 0.05) is 29.3 Å². The van der Waals surface area contributed by atoms with E-state index in [1.165, 1.54) is 18.2 Å². The quantitative estimate of drug-likeness (QED) is 0.301. The van der Waals surface area contributed by atoms with Crippen LogP contribution in [0.25, 0.3) is 17.4 Å². The van der Waals surface area contributed by atoms with Crippen molar-refractivity contribution in [3.63, 3.8) is 0 Å². The first kappa shape index (κ1) is 16.5. The highest BCUT2D eigenvalue weighted by Gasteiger charge is 2.24. The molecular weight excluding hydrogens is 348 g/mol. The van der Waals surface area contributed by atoms with Gasteiger partial charge in [0.1, 0.15) is 11.5 Å². The molecule has 0 unspecified atom stereocenters. The number of rotatable bonds is 4. The lowest BCUT2D eigenvalue weighted by Gasteiger charge is -1.97. The summed E-state index contributed by atoms with van der Waals surface area (Å²) in [5, 5.41) is 10.9. The van der Waals surface area contributed by atoms with E-state index in [0.29, 0.717) is 22.6 Å². The average molecular weight is 360 g/mol. The fourth-order valence-corrected chi connectivity index (χ4v) is 2.61. The number of nitro groups is 1. The summed E-state index contributed by atoms with van der Waals surface area (Å²) in [5.41, 5.74) is 1.36. The third-order valence-electron chi connectivity index (χ3n) is 3.89. The van der Waals surface area contributed by atoms with Gasteiger partial charge in [0.2, 0.25) is 5.90 Å². The van der Waals surface area contributed by atoms with E-state index in [9.17, 15) is 14.9 Å². The predicted octanol–water partition coefficient (Wildman–Crippen LogP) is 4.20. The van der Waals surface area contributed by atoms with Gasteiger partial charge in [-0.05, 0) is 24.3 Å². The topological polar surface area (TPSA) is 94.9 Å². The number of carbonyl (C=O) groups is 1. The molecule has 2 heterocycles. The lowest BCUT2D eigenvalue weighted by molar-refractivity contribution is -0.384. The zero-order valence-electron chi connectivity index (χ0n) is 13.9. The van der Waals surface area contributed by atoms with E-state index in [4.69, 9.17) is 9.15 Å². The van der Waals surface area contributed by atoms with Gasteiger partial charge in [-0.3, -0.25) is 10.1 Å². The molecule has 1 aromatic heterocycles. The molecule has 0 spiro atoms. The monoisotopic (exact) mass is 360 g/mol. The first-order valence-electron chi connectivity index (χ1n) is 8.03. The van der Waals surface area contributed by atoms with Gasteiger partial charge in [-0.2, -0.15) is 0 Å². The van der Waals surface area contributed by atoms with Crippen molar-refractivity contribution in [1.82, 2.24) is 0 Å². The van der Waals surface area contributed by atoms with Crippen LogP contribution in [0.2, 0.25) is 0 Å². The number of furan rings is 1. The summed E-state index contributed by atoms with van der Waals surface area (Å²) in [4.78, 5) is 26.7. The van der Waals surface area contributed by atoms with E-state index in [0.717, 1.165) is 0 Å². The molecule has 0 atom stereocenters. The third kappa shape index (κ3) is 3.38. The van der Waals surface area contributed by atoms with Crippen LogP contribution in [0.1, 0.15) is 11.3 Å². The Kier molecular flexibility index (Phi) is 4.10. The molecule has 0 saturated carbocycles. The highest BCUT2D eigenvalue weighted by Crippen LogP contribution is 2.27. The Labute approximate surface area is 153 Å². The number of ether oxygens (including phenoxy) is 1. The first-order chi connectivity index (χ1) is 13.1. The van der Waals surface area contributed by atoms with Crippen molar-refractivity contribution in [2.24, 2.45) is 4.99 Å². The maximum Gasteiger partial charge on any atom is 0.363 e. The minimum Gasteiger partial charge on any atom is -0.457 e. The number of aliphatic imine (C=N–C) groups is 1. The van der Waals surface area contributed by atoms with Crippen LogP contribution in [0.15, 0.2) is 81.8 Å². The molecule has 27 heavy (non-hydrogen) atoms. The number of nitro benzene ring substituents is 1. The number of hydrogen-bond donors (Lipinski definition) is 0. The highest BCUT2D eigenvalue weighted by molar-refractivity contribution is 6.12. The Morgan fingerprint density at radius 2 is 1.74 bits per heavy atom. The second-order valence-corrected chi connectivity index (χ2v) is 5.71. The summed E-state index contributed by atoms with van der Waals surface area (Å²) in [5.74, 6) is 0.505. The van der Waals surface area contributed by atoms with Crippen molar-refractivity contribution in [3.8, 4) is 11.3 Å². The molecule has 0 bridgehead atoms. The largest absolute Gasteiger partial charge is 0.457 e. The number of carbonyl (C=O) groups excluding carboxylic acids is 1. The Bertz CT molecular complexity index is 1100. The molecule has 0 saturated heterocycles. The number of non-ortho nitro benzene ring substituents is 1. The summed E-state index contributed by atoms with van der Waals surface area (Å²) in [6.45, 7) is 0. The van der Waals surface area contributed by atoms with Crippen LogP contribution in [-0.2, 0) is 9.53 Å². The third-order valence-corrected chi connectivity index (χ3v) is 3.89. The molecule has 1 aliphatic heterocycles. The van der Waals surface area contributed by atoms with Crippen LogP contribution in [0.5, 0.6) is 0 Å². The standard InChI is InChI=1S/C20H12N2O5/c23-20-17(21-19(27-20)13-5-2-1-3-6-13)12-16-9-10-18(26-16)14-7-4-8-15(11-14)22(24)25/h1-12H/b17-12-. The molecule has 7 heteroatoms. The second kappa shape index (κ2) is 6.72. The minimum absolute atomic E-state index is 0.0275. The normalized spacial score (nSPS) is 14.9. The molecular formula is C20H12N2O5. The molecule has 1 aliphatic rings. The van der Waals surface area contributed by atoms with Crippen LogP contribution in [0, 0.1) is 10.1 Å². The fraction of sp³-hybridized carbons (Fsp3) is 0. The van der Waals surface area contributed by atoms with Gasteiger partial charge in [0.25, 0.3) is 5.69 Å². The van der Waals surface area contributed by atoms with Gasteiger partial charge in [-0.25, -0.2) is 9.79 Å². The van der Waals surface area contributed by atoms with Crippen molar-refractivity contribution in [3.05, 3.63) is 93.9 Å². The molecule has 4 rings (SSSR count). The lowest BCUT2D eigenvalue weighted by atomic mass is 10.1. The van der Waals surface area contributed by atoms with Crippen LogP contribution < -0.4 is 0 Å². The van der Waals surface area contributed by atoms with Crippen molar-refractivity contribution in [1.29, 1.82) is 0 Å². The van der Waals surface area contributed by atoms with E-state index in [2.05, 4.69) is 4.99 Å². The lowest BCUT2D eigenvalue weighted by Crippen LogP contribution is -2.04. The van der Waals surface area contributed by atoms with Crippen molar-refractivity contribution in [2.75, 3.05) is 0 Å². The summed E-state index contributed by atoms with van der Waals surface area (Å²) < 4.78 is 10.9. The Hall–Kier alpha value is -4.00. The summed E-state index contributed by atoms with van der Waals surface area (Å²) in [6.07, 6.45) is 1.47. The molecule has 132 valence electrons. The number of benzene rings is 2. The Balaban J connectivity index is 1.62. The van der Waals surface area contributed by atoms with Gasteiger partial charge in [0.15, 0.2) is 5.70 Å². The SMILES string of the molecule is O=C1OC(c2ccccc2)=N/C1=C\c1ccc(-c2cccc([N+](=O)[O-])c2)o1. The predicted molar refractivity (Wildman–Crippen MR) is 97.8 cm³/mol. The fourth-order valence-electron chi connectivity index (χ4n) is 2.61. The first-order valence-corrected chi connectivity index (χ1v) is 8.03. The van der Waals surface area contributed by atoms with E-state index in [-0.39, 0.29) is 17.3 Å². The maximum atomic E-state index is 12.0. The van der Waals surface area contributed by atoms with Gasteiger partial charge < -0.3 is 9.15 Å². The molecule has 0 radical (unpaired) electrons.